The van der Waals surface area contributed by atoms with Gasteiger partial charge in [-0.25, -0.2) is 4.98 Å². The predicted molar refractivity (Wildman–Crippen MR) is 84.7 cm³/mol. The van der Waals surface area contributed by atoms with Crippen molar-refractivity contribution in [3.05, 3.63) is 30.1 Å². The number of aromatic nitrogens is 2. The molecule has 0 radical (unpaired) electrons. The summed E-state index contributed by atoms with van der Waals surface area (Å²) in [5, 5.41) is 0. The fourth-order valence-corrected chi connectivity index (χ4v) is 2.60. The third-order valence-corrected chi connectivity index (χ3v) is 3.60. The van der Waals surface area contributed by atoms with Crippen LogP contribution in [0.25, 0.3) is 11.0 Å². The van der Waals surface area contributed by atoms with E-state index in [1.807, 2.05) is 6.07 Å². The molecule has 0 spiro atoms. The van der Waals surface area contributed by atoms with Gasteiger partial charge in [0.05, 0.1) is 17.1 Å². The van der Waals surface area contributed by atoms with E-state index in [1.165, 1.54) is 5.52 Å². The van der Waals surface area contributed by atoms with Crippen LogP contribution in [0.3, 0.4) is 0 Å². The zero-order valence-corrected chi connectivity index (χ0v) is 12.8. The molecule has 0 fully saturated rings. The van der Waals surface area contributed by atoms with Crippen molar-refractivity contribution in [2.24, 2.45) is 5.73 Å². The number of para-hydroxylation sites is 2. The van der Waals surface area contributed by atoms with E-state index in [2.05, 4.69) is 48.7 Å². The Labute approximate surface area is 121 Å². The molecule has 4 heteroatoms. The van der Waals surface area contributed by atoms with Gasteiger partial charge < -0.3 is 15.2 Å². The average Bonchev–Trinajstić information content (AvgIpc) is 2.78. The Morgan fingerprint density at radius 1 is 1.30 bits per heavy atom. The van der Waals surface area contributed by atoms with Gasteiger partial charge in [-0.05, 0) is 45.6 Å². The van der Waals surface area contributed by atoms with Crippen molar-refractivity contribution in [2.75, 3.05) is 20.6 Å². The maximum absolute atomic E-state index is 6.31. The first-order valence-electron chi connectivity index (χ1n) is 7.49. The average molecular weight is 274 g/mol. The highest BCUT2D eigenvalue weighted by Gasteiger charge is 2.15. The number of benzene rings is 1. The third kappa shape index (κ3) is 3.38. The molecule has 1 heterocycles. The van der Waals surface area contributed by atoms with Crippen LogP contribution in [-0.4, -0.2) is 35.1 Å². The minimum atomic E-state index is 0.0340. The molecular weight excluding hydrogens is 248 g/mol. The number of aryl methyl sites for hydroxylation is 1. The lowest BCUT2D eigenvalue weighted by atomic mass is 10.1. The molecule has 4 nitrogen and oxygen atoms in total. The maximum Gasteiger partial charge on any atom is 0.126 e. The van der Waals surface area contributed by atoms with Gasteiger partial charge in [-0.3, -0.25) is 0 Å². The Kier molecular flexibility index (Phi) is 5.15. The summed E-state index contributed by atoms with van der Waals surface area (Å²) in [7, 11) is 4.21. The van der Waals surface area contributed by atoms with E-state index in [1.54, 1.807) is 0 Å². The van der Waals surface area contributed by atoms with E-state index in [0.717, 1.165) is 43.7 Å². The molecule has 0 aliphatic rings. The first kappa shape index (κ1) is 15.0. The molecule has 1 aromatic heterocycles. The lowest BCUT2D eigenvalue weighted by Crippen LogP contribution is -2.19. The second-order valence-corrected chi connectivity index (χ2v) is 5.66. The van der Waals surface area contributed by atoms with E-state index in [4.69, 9.17) is 10.7 Å². The summed E-state index contributed by atoms with van der Waals surface area (Å²) in [6.07, 6.45) is 3.18. The van der Waals surface area contributed by atoms with Crippen molar-refractivity contribution in [3.63, 3.8) is 0 Å². The zero-order chi connectivity index (χ0) is 14.5. The number of hydrogen-bond acceptors (Lipinski definition) is 3. The SMILES string of the molecule is CCCC(N)c1nc2ccccc2n1CCCN(C)C. The monoisotopic (exact) mass is 274 g/mol. The van der Waals surface area contributed by atoms with Crippen LogP contribution in [0, 0.1) is 0 Å². The molecule has 110 valence electrons. The number of fused-ring (bicyclic) bond motifs is 1. The minimum Gasteiger partial charge on any atom is -0.327 e. The zero-order valence-electron chi connectivity index (χ0n) is 12.8. The van der Waals surface area contributed by atoms with Crippen molar-refractivity contribution in [3.8, 4) is 0 Å². The van der Waals surface area contributed by atoms with Gasteiger partial charge in [0, 0.05) is 6.54 Å². The fourth-order valence-electron chi connectivity index (χ4n) is 2.60. The van der Waals surface area contributed by atoms with Gasteiger partial charge in [-0.2, -0.15) is 0 Å². The van der Waals surface area contributed by atoms with Crippen LogP contribution in [-0.2, 0) is 6.54 Å². The number of rotatable bonds is 7. The Morgan fingerprint density at radius 2 is 2.05 bits per heavy atom. The fraction of sp³-hybridized carbons (Fsp3) is 0.562. The summed E-state index contributed by atoms with van der Waals surface area (Å²) < 4.78 is 2.30. The molecule has 0 saturated carbocycles. The smallest absolute Gasteiger partial charge is 0.126 e. The van der Waals surface area contributed by atoms with Gasteiger partial charge in [-0.1, -0.05) is 25.5 Å². The molecule has 2 N–H and O–H groups in total. The summed E-state index contributed by atoms with van der Waals surface area (Å²) in [5.74, 6) is 1.03. The van der Waals surface area contributed by atoms with Gasteiger partial charge in [0.25, 0.3) is 0 Å². The first-order valence-corrected chi connectivity index (χ1v) is 7.49. The van der Waals surface area contributed by atoms with Gasteiger partial charge >= 0.3 is 0 Å². The summed E-state index contributed by atoms with van der Waals surface area (Å²) in [6.45, 7) is 4.22. The lowest BCUT2D eigenvalue weighted by molar-refractivity contribution is 0.384. The summed E-state index contributed by atoms with van der Waals surface area (Å²) in [6, 6.07) is 8.35. The predicted octanol–water partition coefficient (Wildman–Crippen LogP) is 2.79. The van der Waals surface area contributed by atoms with Crippen molar-refractivity contribution in [1.82, 2.24) is 14.5 Å². The highest BCUT2D eigenvalue weighted by molar-refractivity contribution is 5.76. The van der Waals surface area contributed by atoms with E-state index in [0.29, 0.717) is 0 Å². The Hall–Kier alpha value is -1.39. The first-order chi connectivity index (χ1) is 9.63. The molecule has 0 amide bonds. The molecule has 1 aromatic carbocycles. The van der Waals surface area contributed by atoms with E-state index in [-0.39, 0.29) is 6.04 Å². The Morgan fingerprint density at radius 3 is 2.75 bits per heavy atom. The molecule has 2 rings (SSSR count). The molecule has 1 unspecified atom stereocenters. The second-order valence-electron chi connectivity index (χ2n) is 5.66. The molecule has 2 aromatic rings. The van der Waals surface area contributed by atoms with Crippen LogP contribution in [0.4, 0.5) is 0 Å². The Balaban J connectivity index is 2.29. The summed E-state index contributed by atoms with van der Waals surface area (Å²) in [4.78, 5) is 6.97. The number of nitrogens with zero attached hydrogens (tertiary/aromatic N) is 3. The van der Waals surface area contributed by atoms with Gasteiger partial charge in [0.2, 0.25) is 0 Å². The number of nitrogens with two attached hydrogens (primary N) is 1. The summed E-state index contributed by atoms with van der Waals surface area (Å²) in [5.41, 5.74) is 8.56. The van der Waals surface area contributed by atoms with Crippen LogP contribution in [0.1, 0.15) is 38.1 Å². The quantitative estimate of drug-likeness (QED) is 0.844. The summed E-state index contributed by atoms with van der Waals surface area (Å²) >= 11 is 0. The highest BCUT2D eigenvalue weighted by atomic mass is 15.1. The third-order valence-electron chi connectivity index (χ3n) is 3.60. The van der Waals surface area contributed by atoms with E-state index in [9.17, 15) is 0 Å². The number of hydrogen-bond donors (Lipinski definition) is 1. The molecule has 0 aliphatic heterocycles. The Bertz CT molecular complexity index is 544. The standard InChI is InChI=1S/C16H26N4/c1-4-8-13(17)16-18-14-9-5-6-10-15(14)20(16)12-7-11-19(2)3/h5-6,9-10,13H,4,7-8,11-12,17H2,1-3H3. The molecule has 0 aliphatic carbocycles. The molecule has 0 saturated heterocycles. The van der Waals surface area contributed by atoms with Crippen molar-refractivity contribution in [1.29, 1.82) is 0 Å². The minimum absolute atomic E-state index is 0.0340. The molecule has 20 heavy (non-hydrogen) atoms. The lowest BCUT2D eigenvalue weighted by Gasteiger charge is -2.15. The van der Waals surface area contributed by atoms with Crippen molar-refractivity contribution >= 4 is 11.0 Å². The van der Waals surface area contributed by atoms with Crippen LogP contribution in [0.2, 0.25) is 0 Å². The second kappa shape index (κ2) is 6.86. The van der Waals surface area contributed by atoms with Gasteiger partial charge in [-0.15, -0.1) is 0 Å². The van der Waals surface area contributed by atoms with Crippen LogP contribution < -0.4 is 5.73 Å². The normalized spacial score (nSPS) is 13.2. The van der Waals surface area contributed by atoms with Crippen LogP contribution >= 0.6 is 0 Å². The molecule has 1 atom stereocenters. The number of imidazole rings is 1. The highest BCUT2D eigenvalue weighted by Crippen LogP contribution is 2.22. The van der Waals surface area contributed by atoms with Gasteiger partial charge in [0.15, 0.2) is 0 Å². The van der Waals surface area contributed by atoms with Crippen molar-refractivity contribution in [2.45, 2.75) is 38.8 Å². The van der Waals surface area contributed by atoms with Crippen LogP contribution in [0.15, 0.2) is 24.3 Å². The van der Waals surface area contributed by atoms with E-state index < -0.39 is 0 Å². The van der Waals surface area contributed by atoms with Crippen molar-refractivity contribution < 1.29 is 0 Å². The topological polar surface area (TPSA) is 47.1 Å². The van der Waals surface area contributed by atoms with Gasteiger partial charge in [0.1, 0.15) is 5.82 Å². The largest absolute Gasteiger partial charge is 0.327 e. The van der Waals surface area contributed by atoms with E-state index >= 15 is 0 Å². The molecular formula is C16H26N4. The maximum atomic E-state index is 6.31. The van der Waals surface area contributed by atoms with Crippen LogP contribution in [0.5, 0.6) is 0 Å². The molecule has 0 bridgehead atoms.